The predicted octanol–water partition coefficient (Wildman–Crippen LogP) is 2.98. The molecule has 2 rings (SSSR count). The van der Waals surface area contributed by atoms with E-state index in [4.69, 9.17) is 14.9 Å². The molecule has 1 aromatic heterocycles. The summed E-state index contributed by atoms with van der Waals surface area (Å²) in [5.41, 5.74) is 8.73. The summed E-state index contributed by atoms with van der Waals surface area (Å²) >= 11 is 0. The summed E-state index contributed by atoms with van der Waals surface area (Å²) in [4.78, 5) is 0. The number of nitrogens with two attached hydrogens (primary N) is 1. The first-order chi connectivity index (χ1) is 7.70. The van der Waals surface area contributed by atoms with Crippen LogP contribution in [0.15, 0.2) is 34.7 Å². The first-order valence-corrected chi connectivity index (χ1v) is 5.15. The van der Waals surface area contributed by atoms with Crippen LogP contribution in [0.3, 0.4) is 0 Å². The summed E-state index contributed by atoms with van der Waals surface area (Å²) < 4.78 is 10.6. The lowest BCUT2D eigenvalue weighted by molar-refractivity contribution is 0.165. The number of hydrogen-bond acceptors (Lipinski definition) is 3. The normalized spacial score (nSPS) is 10.6. The summed E-state index contributed by atoms with van der Waals surface area (Å²) in [6.07, 6.45) is 0. The third kappa shape index (κ3) is 2.09. The summed E-state index contributed by atoms with van der Waals surface area (Å²) in [7, 11) is 1.64. The summed E-state index contributed by atoms with van der Waals surface area (Å²) in [6.45, 7) is 2.51. The summed E-state index contributed by atoms with van der Waals surface area (Å²) in [5.74, 6) is 1.59. The molecule has 1 aromatic carbocycles. The Labute approximate surface area is 94.8 Å². The van der Waals surface area contributed by atoms with Gasteiger partial charge in [-0.2, -0.15) is 0 Å². The Morgan fingerprint density at radius 1 is 1.25 bits per heavy atom. The lowest BCUT2D eigenvalue weighted by atomic mass is 10.1. The molecule has 1 heterocycles. The van der Waals surface area contributed by atoms with E-state index in [-0.39, 0.29) is 0 Å². The fourth-order valence-electron chi connectivity index (χ4n) is 1.63. The zero-order valence-corrected chi connectivity index (χ0v) is 9.49. The fourth-order valence-corrected chi connectivity index (χ4v) is 1.63. The molecule has 0 bridgehead atoms. The molecule has 0 amide bonds. The second kappa shape index (κ2) is 4.41. The molecule has 84 valence electrons. The maximum Gasteiger partial charge on any atom is 0.136 e. The molecular formula is C13H15NO2. The van der Waals surface area contributed by atoms with Gasteiger partial charge in [-0.15, -0.1) is 0 Å². The average Bonchev–Trinajstić information content (AvgIpc) is 2.71. The van der Waals surface area contributed by atoms with Crippen molar-refractivity contribution in [3.63, 3.8) is 0 Å². The Balaban J connectivity index is 2.38. The highest BCUT2D eigenvalue weighted by molar-refractivity contribution is 5.73. The van der Waals surface area contributed by atoms with Crippen molar-refractivity contribution in [2.75, 3.05) is 12.8 Å². The third-order valence-corrected chi connectivity index (χ3v) is 2.42. The van der Waals surface area contributed by atoms with Crippen molar-refractivity contribution in [3.8, 4) is 11.3 Å². The molecule has 3 nitrogen and oxygen atoms in total. The second-order valence-electron chi connectivity index (χ2n) is 3.79. The van der Waals surface area contributed by atoms with Crippen LogP contribution in [-0.2, 0) is 11.3 Å². The molecular weight excluding hydrogens is 202 g/mol. The van der Waals surface area contributed by atoms with E-state index in [1.54, 1.807) is 7.11 Å². The van der Waals surface area contributed by atoms with Gasteiger partial charge in [0, 0.05) is 18.4 Å². The number of aryl methyl sites for hydroxylation is 1. The summed E-state index contributed by atoms with van der Waals surface area (Å²) in [6, 6.07) is 9.71. The lowest BCUT2D eigenvalue weighted by Crippen LogP contribution is -1.89. The Morgan fingerprint density at radius 3 is 2.81 bits per heavy atom. The highest BCUT2D eigenvalue weighted by Gasteiger charge is 2.08. The largest absolute Gasteiger partial charge is 0.459 e. The van der Waals surface area contributed by atoms with Gasteiger partial charge in [0.1, 0.15) is 18.1 Å². The van der Waals surface area contributed by atoms with Crippen LogP contribution >= 0.6 is 0 Å². The molecule has 3 heteroatoms. The van der Waals surface area contributed by atoms with Gasteiger partial charge >= 0.3 is 0 Å². The molecule has 2 aromatic rings. The van der Waals surface area contributed by atoms with Crippen LogP contribution < -0.4 is 5.73 Å². The maximum atomic E-state index is 5.91. The van der Waals surface area contributed by atoms with Crippen molar-refractivity contribution >= 4 is 5.69 Å². The van der Waals surface area contributed by atoms with E-state index in [1.807, 2.05) is 37.3 Å². The van der Waals surface area contributed by atoms with E-state index in [2.05, 4.69) is 0 Å². The van der Waals surface area contributed by atoms with Gasteiger partial charge in [0.25, 0.3) is 0 Å². The first kappa shape index (κ1) is 10.8. The number of ether oxygens (including phenoxy) is 1. The highest BCUT2D eigenvalue weighted by Crippen LogP contribution is 2.28. The Morgan fingerprint density at radius 2 is 2.06 bits per heavy atom. The molecule has 0 fully saturated rings. The second-order valence-corrected chi connectivity index (χ2v) is 3.79. The highest BCUT2D eigenvalue weighted by atomic mass is 16.5. The number of anilines is 1. The molecule has 0 aliphatic rings. The minimum atomic E-state index is 0.478. The van der Waals surface area contributed by atoms with Gasteiger partial charge in [-0.3, -0.25) is 0 Å². The van der Waals surface area contributed by atoms with E-state index in [9.17, 15) is 0 Å². The smallest absolute Gasteiger partial charge is 0.136 e. The molecule has 0 saturated carbocycles. The molecule has 0 unspecified atom stereocenters. The molecule has 0 spiro atoms. The number of nitrogen functional groups attached to an aromatic ring is 1. The van der Waals surface area contributed by atoms with Crippen molar-refractivity contribution in [2.24, 2.45) is 0 Å². The number of hydrogen-bond donors (Lipinski definition) is 1. The topological polar surface area (TPSA) is 48.4 Å². The third-order valence-electron chi connectivity index (χ3n) is 2.42. The molecule has 2 N–H and O–H groups in total. The fraction of sp³-hybridized carbons (Fsp3) is 0.231. The van der Waals surface area contributed by atoms with Crippen LogP contribution in [0.2, 0.25) is 0 Å². The van der Waals surface area contributed by atoms with E-state index in [1.165, 1.54) is 0 Å². The minimum Gasteiger partial charge on any atom is -0.459 e. The van der Waals surface area contributed by atoms with Gasteiger partial charge in [-0.1, -0.05) is 11.6 Å². The maximum absolute atomic E-state index is 5.91. The van der Waals surface area contributed by atoms with Crippen LogP contribution in [0.1, 0.15) is 11.3 Å². The average molecular weight is 217 g/mol. The standard InChI is InChI=1S/C13H15NO2/c1-9-3-5-12(14)11(7-9)13-6-4-10(16-13)8-15-2/h3-7H,8,14H2,1-2H3. The van der Waals surface area contributed by atoms with Crippen LogP contribution in [0.25, 0.3) is 11.3 Å². The van der Waals surface area contributed by atoms with E-state index < -0.39 is 0 Å². The van der Waals surface area contributed by atoms with Gasteiger partial charge in [-0.25, -0.2) is 0 Å². The minimum absolute atomic E-state index is 0.478. The van der Waals surface area contributed by atoms with E-state index in [0.717, 1.165) is 28.3 Å². The van der Waals surface area contributed by atoms with Gasteiger partial charge in [0.15, 0.2) is 0 Å². The molecule has 0 atom stereocenters. The van der Waals surface area contributed by atoms with Gasteiger partial charge in [0.05, 0.1) is 0 Å². The van der Waals surface area contributed by atoms with Crippen LogP contribution in [0.5, 0.6) is 0 Å². The van der Waals surface area contributed by atoms with Crippen LogP contribution in [-0.4, -0.2) is 7.11 Å². The van der Waals surface area contributed by atoms with Gasteiger partial charge < -0.3 is 14.9 Å². The molecule has 0 radical (unpaired) electrons. The molecule has 0 aliphatic carbocycles. The monoisotopic (exact) mass is 217 g/mol. The Hall–Kier alpha value is -1.74. The summed E-state index contributed by atoms with van der Waals surface area (Å²) in [5, 5.41) is 0. The number of methoxy groups -OCH3 is 1. The van der Waals surface area contributed by atoms with Crippen molar-refractivity contribution in [1.29, 1.82) is 0 Å². The van der Waals surface area contributed by atoms with E-state index in [0.29, 0.717) is 6.61 Å². The zero-order chi connectivity index (χ0) is 11.5. The lowest BCUT2D eigenvalue weighted by Gasteiger charge is -2.03. The Kier molecular flexibility index (Phi) is 2.97. The molecule has 0 aliphatic heterocycles. The van der Waals surface area contributed by atoms with Crippen molar-refractivity contribution in [3.05, 3.63) is 41.7 Å². The number of rotatable bonds is 3. The Bertz CT molecular complexity index is 488. The predicted molar refractivity (Wildman–Crippen MR) is 64.0 cm³/mol. The molecule has 0 saturated heterocycles. The quantitative estimate of drug-likeness (QED) is 0.804. The number of furan rings is 1. The SMILES string of the molecule is COCc1ccc(-c2cc(C)ccc2N)o1. The number of benzene rings is 1. The van der Waals surface area contributed by atoms with Gasteiger partial charge in [0.2, 0.25) is 0 Å². The van der Waals surface area contributed by atoms with Crippen LogP contribution in [0, 0.1) is 6.92 Å². The molecule has 16 heavy (non-hydrogen) atoms. The van der Waals surface area contributed by atoms with Crippen molar-refractivity contribution in [2.45, 2.75) is 13.5 Å². The van der Waals surface area contributed by atoms with Crippen LogP contribution in [0.4, 0.5) is 5.69 Å². The van der Waals surface area contributed by atoms with Crippen molar-refractivity contribution < 1.29 is 9.15 Å². The van der Waals surface area contributed by atoms with E-state index >= 15 is 0 Å². The zero-order valence-electron chi connectivity index (χ0n) is 9.49. The van der Waals surface area contributed by atoms with Crippen molar-refractivity contribution in [1.82, 2.24) is 0 Å². The first-order valence-electron chi connectivity index (χ1n) is 5.15. The van der Waals surface area contributed by atoms with Gasteiger partial charge in [-0.05, 0) is 31.2 Å².